The van der Waals surface area contributed by atoms with Crippen LogP contribution in [0, 0.1) is 23.3 Å². The van der Waals surface area contributed by atoms with E-state index in [4.69, 9.17) is 37.0 Å². The molecule has 0 aliphatic rings. The first kappa shape index (κ1) is 40.7. The van der Waals surface area contributed by atoms with Crippen LogP contribution in [0.5, 0.6) is 11.5 Å². The van der Waals surface area contributed by atoms with Gasteiger partial charge in [-0.2, -0.15) is 9.49 Å². The van der Waals surface area contributed by atoms with Crippen molar-refractivity contribution in [1.82, 2.24) is 5.32 Å². The number of halogens is 4. The number of phenolic OH excluding ortho intramolecular Hbond substituents is 1. The highest BCUT2D eigenvalue weighted by Crippen LogP contribution is 2.26. The SMILES string of the molecule is N/N=C(\C=NCCOCCOCCOCCOCCC(=O)Oc1c(F)c(F)c(F)c(P)c1F)CCCCNC(=S)Nc1ccc(O)cc1. The smallest absolute Gasteiger partial charge is 0.313 e. The van der Waals surface area contributed by atoms with E-state index < -0.39 is 40.3 Å². The quantitative estimate of drug-likeness (QED) is 0.0109. The lowest BCUT2D eigenvalue weighted by Crippen LogP contribution is -2.29. The molecule has 1 unspecified atom stereocenters. The Morgan fingerprint density at radius 2 is 1.46 bits per heavy atom. The normalized spacial score (nSPS) is 11.6. The zero-order chi connectivity index (χ0) is 35.1. The van der Waals surface area contributed by atoms with Gasteiger partial charge in [-0.15, -0.1) is 0 Å². The number of hydrogen-bond donors (Lipinski definition) is 4. The third-order valence-corrected chi connectivity index (χ3v) is 6.83. The molecule has 12 nitrogen and oxygen atoms in total. The Morgan fingerprint density at radius 1 is 0.854 bits per heavy atom. The molecule has 0 amide bonds. The summed E-state index contributed by atoms with van der Waals surface area (Å²) in [6, 6.07) is 6.61. The second-order valence-electron chi connectivity index (χ2n) is 9.71. The molecule has 48 heavy (non-hydrogen) atoms. The summed E-state index contributed by atoms with van der Waals surface area (Å²) in [6.45, 7) is 3.06. The van der Waals surface area contributed by atoms with E-state index in [9.17, 15) is 27.5 Å². The maximum atomic E-state index is 13.9. The highest BCUT2D eigenvalue weighted by Gasteiger charge is 2.26. The predicted molar refractivity (Wildman–Crippen MR) is 180 cm³/mol. The second kappa shape index (κ2) is 23.8. The first-order valence-corrected chi connectivity index (χ1v) is 15.9. The maximum absolute atomic E-state index is 13.9. The number of carbonyl (C=O) groups is 1. The Balaban J connectivity index is 1.38. The number of aliphatic imine (C=N–C) groups is 1. The van der Waals surface area contributed by atoms with Crippen LogP contribution in [-0.4, -0.2) is 94.1 Å². The van der Waals surface area contributed by atoms with Crippen LogP contribution in [0.1, 0.15) is 25.7 Å². The highest BCUT2D eigenvalue weighted by atomic mass is 32.1. The van der Waals surface area contributed by atoms with Crippen LogP contribution in [0.15, 0.2) is 34.4 Å². The molecule has 0 bridgehead atoms. The van der Waals surface area contributed by atoms with Gasteiger partial charge in [-0.05, 0) is 55.7 Å². The summed E-state index contributed by atoms with van der Waals surface area (Å²) in [6.07, 6.45) is 3.62. The summed E-state index contributed by atoms with van der Waals surface area (Å²) in [5.74, 6) is -3.87. The van der Waals surface area contributed by atoms with E-state index in [2.05, 4.69) is 25.5 Å². The van der Waals surface area contributed by atoms with Crippen molar-refractivity contribution in [1.29, 1.82) is 0 Å². The number of hydrogen-bond acceptors (Lipinski definition) is 11. The van der Waals surface area contributed by atoms with Crippen molar-refractivity contribution in [3.8, 4) is 11.5 Å². The first-order chi connectivity index (χ1) is 23.1. The topological polar surface area (TPSA) is 158 Å². The molecule has 18 heteroatoms. The van der Waals surface area contributed by atoms with Gasteiger partial charge in [-0.25, -0.2) is 13.2 Å². The van der Waals surface area contributed by atoms with Gasteiger partial charge < -0.3 is 45.3 Å². The van der Waals surface area contributed by atoms with Gasteiger partial charge in [-0.3, -0.25) is 9.79 Å². The molecule has 2 aromatic carbocycles. The number of hydrazone groups is 1. The Morgan fingerprint density at radius 3 is 2.08 bits per heavy atom. The molecule has 0 radical (unpaired) electrons. The van der Waals surface area contributed by atoms with Gasteiger partial charge in [-0.1, -0.05) is 9.24 Å². The number of nitrogens with two attached hydrogens (primary N) is 1. The minimum Gasteiger partial charge on any atom is -0.508 e. The van der Waals surface area contributed by atoms with Crippen molar-refractivity contribution in [3.05, 3.63) is 47.5 Å². The molecule has 0 aliphatic heterocycles. The standard InChI is InChI=1S/C30H40F4N5O7PS/c31-24-25(32)28(27(34)29(47)26(24)33)46-23(41)8-11-42-13-15-44-17-18-45-16-14-43-12-10-36-19-21(39-35)3-1-2-9-37-30(48)38-20-4-6-22(40)7-5-20/h4-7,19,40H,1-3,8-18,35,47H2,(H2,37,38,48)/b36-19?,39-21-. The number of aromatic hydroxyl groups is 1. The second-order valence-corrected chi connectivity index (χ2v) is 10.7. The van der Waals surface area contributed by atoms with Gasteiger partial charge >= 0.3 is 5.97 Å². The van der Waals surface area contributed by atoms with Crippen molar-refractivity contribution >= 4 is 55.5 Å². The number of ether oxygens (including phenoxy) is 5. The number of nitrogens with one attached hydrogen (secondary N) is 2. The van der Waals surface area contributed by atoms with Crippen LogP contribution in [0.3, 0.4) is 0 Å². The minimum atomic E-state index is -1.94. The predicted octanol–water partition coefficient (Wildman–Crippen LogP) is 3.35. The molecular formula is C30H40F4N5O7PS. The average molecular weight is 722 g/mol. The molecule has 0 saturated carbocycles. The number of rotatable bonds is 23. The third kappa shape index (κ3) is 16.1. The zero-order valence-corrected chi connectivity index (χ0v) is 28.1. The first-order valence-electron chi connectivity index (χ1n) is 14.9. The van der Waals surface area contributed by atoms with E-state index >= 15 is 0 Å². The molecule has 5 N–H and O–H groups in total. The van der Waals surface area contributed by atoms with Crippen LogP contribution in [0.4, 0.5) is 23.2 Å². The highest BCUT2D eigenvalue weighted by molar-refractivity contribution is 7.80. The van der Waals surface area contributed by atoms with Gasteiger partial charge in [0.15, 0.2) is 22.6 Å². The number of thiocarbonyl (C=S) groups is 1. The van der Waals surface area contributed by atoms with Crippen molar-refractivity contribution in [2.24, 2.45) is 15.9 Å². The van der Waals surface area contributed by atoms with E-state index in [1.165, 1.54) is 0 Å². The van der Waals surface area contributed by atoms with Gasteiger partial charge in [0.05, 0.1) is 71.5 Å². The Kier molecular flexibility index (Phi) is 20.2. The largest absolute Gasteiger partial charge is 0.508 e. The summed E-state index contributed by atoms with van der Waals surface area (Å²) in [5, 5.41) is 18.9. The number of anilines is 1. The monoisotopic (exact) mass is 721 g/mol. The molecular weight excluding hydrogens is 681 g/mol. The molecule has 0 spiro atoms. The molecule has 2 aromatic rings. The number of unbranched alkanes of at least 4 members (excludes halogenated alkanes) is 1. The fourth-order valence-corrected chi connectivity index (χ4v) is 4.08. The summed E-state index contributed by atoms with van der Waals surface area (Å²) in [7, 11) is 1.58. The molecule has 266 valence electrons. The molecule has 1 atom stereocenters. The van der Waals surface area contributed by atoms with E-state index in [0.29, 0.717) is 63.4 Å². The van der Waals surface area contributed by atoms with Crippen LogP contribution >= 0.6 is 21.5 Å². The van der Waals surface area contributed by atoms with Crippen molar-refractivity contribution in [2.75, 3.05) is 71.3 Å². The number of benzene rings is 2. The van der Waals surface area contributed by atoms with Gasteiger partial charge in [0, 0.05) is 23.8 Å². The number of phenols is 1. The number of nitrogens with zero attached hydrogens (tertiary/aromatic N) is 2. The third-order valence-electron chi connectivity index (χ3n) is 6.08. The van der Waals surface area contributed by atoms with E-state index in [1.54, 1.807) is 39.7 Å². The van der Waals surface area contributed by atoms with Crippen LogP contribution < -0.4 is 26.5 Å². The summed E-state index contributed by atoms with van der Waals surface area (Å²) in [4.78, 5) is 16.0. The Labute approximate surface area is 283 Å². The van der Waals surface area contributed by atoms with Gasteiger partial charge in [0.1, 0.15) is 5.75 Å². The molecule has 0 heterocycles. The fourth-order valence-electron chi connectivity index (χ4n) is 3.60. The molecule has 0 aromatic heterocycles. The minimum absolute atomic E-state index is 0.129. The van der Waals surface area contributed by atoms with Crippen molar-refractivity contribution < 1.29 is 51.1 Å². The summed E-state index contributed by atoms with van der Waals surface area (Å²) >= 11 is 5.25. The van der Waals surface area contributed by atoms with Crippen LogP contribution in [0.2, 0.25) is 0 Å². The fraction of sp³-hybridized carbons (Fsp3) is 0.467. The van der Waals surface area contributed by atoms with Gasteiger partial charge in [0.25, 0.3) is 0 Å². The van der Waals surface area contributed by atoms with Crippen molar-refractivity contribution in [3.63, 3.8) is 0 Å². The van der Waals surface area contributed by atoms with Crippen LogP contribution in [-0.2, 0) is 23.7 Å². The van der Waals surface area contributed by atoms with Crippen molar-refractivity contribution in [2.45, 2.75) is 25.7 Å². The molecule has 0 saturated heterocycles. The average Bonchev–Trinajstić information content (AvgIpc) is 3.08. The summed E-state index contributed by atoms with van der Waals surface area (Å²) < 4.78 is 80.2. The lowest BCUT2D eigenvalue weighted by atomic mass is 10.2. The zero-order valence-electron chi connectivity index (χ0n) is 26.2. The lowest BCUT2D eigenvalue weighted by molar-refractivity contribution is -0.136. The Hall–Kier alpha value is -3.47. The molecule has 0 aliphatic carbocycles. The maximum Gasteiger partial charge on any atom is 0.313 e. The molecule has 2 rings (SSSR count). The summed E-state index contributed by atoms with van der Waals surface area (Å²) in [5.41, 5.74) is 1.46. The van der Waals surface area contributed by atoms with Gasteiger partial charge in [0.2, 0.25) is 11.6 Å². The number of esters is 1. The lowest BCUT2D eigenvalue weighted by Gasteiger charge is -2.10. The number of carbonyl (C=O) groups excluding carboxylic acids is 1. The van der Waals surface area contributed by atoms with E-state index in [1.807, 2.05) is 0 Å². The van der Waals surface area contributed by atoms with E-state index in [-0.39, 0.29) is 32.0 Å². The Bertz CT molecular complexity index is 1330. The van der Waals surface area contributed by atoms with E-state index in [0.717, 1.165) is 18.5 Å². The molecule has 0 fully saturated rings. The van der Waals surface area contributed by atoms with Crippen LogP contribution in [0.25, 0.3) is 0 Å².